The van der Waals surface area contributed by atoms with Crippen LogP contribution in [-0.2, 0) is 9.53 Å². The van der Waals surface area contributed by atoms with Crippen LogP contribution in [0.2, 0.25) is 0 Å². The SMILES string of the molecule is Cc1cc(Oc2ccccc2F)nc([C@H]2CCCCN2C(=O)C2CCOCC2)n1. The highest BCUT2D eigenvalue weighted by Gasteiger charge is 2.34. The maximum absolute atomic E-state index is 14.0. The highest BCUT2D eigenvalue weighted by atomic mass is 19.1. The second-order valence-electron chi connectivity index (χ2n) is 7.67. The molecule has 1 atom stereocenters. The molecule has 1 amide bonds. The van der Waals surface area contributed by atoms with E-state index in [2.05, 4.69) is 9.97 Å². The molecule has 2 aliphatic heterocycles. The van der Waals surface area contributed by atoms with Gasteiger partial charge in [-0.15, -0.1) is 0 Å². The van der Waals surface area contributed by atoms with Gasteiger partial charge in [0, 0.05) is 37.4 Å². The number of likely N-dealkylation sites (tertiary alicyclic amines) is 1. The molecular formula is C22H26FN3O3. The number of aromatic nitrogens is 2. The summed E-state index contributed by atoms with van der Waals surface area (Å²) in [5.74, 6) is 0.704. The molecule has 7 heteroatoms. The second kappa shape index (κ2) is 8.86. The molecule has 2 saturated heterocycles. The van der Waals surface area contributed by atoms with E-state index in [1.807, 2.05) is 11.8 Å². The van der Waals surface area contributed by atoms with Crippen molar-refractivity contribution in [2.45, 2.75) is 45.1 Å². The van der Waals surface area contributed by atoms with Crippen LogP contribution in [0.5, 0.6) is 11.6 Å². The fourth-order valence-corrected chi connectivity index (χ4v) is 4.05. The Morgan fingerprint density at radius 2 is 1.97 bits per heavy atom. The largest absolute Gasteiger partial charge is 0.436 e. The minimum absolute atomic E-state index is 0.00305. The van der Waals surface area contributed by atoms with Crippen molar-refractivity contribution in [2.75, 3.05) is 19.8 Å². The van der Waals surface area contributed by atoms with Crippen molar-refractivity contribution in [2.24, 2.45) is 5.92 Å². The molecule has 0 spiro atoms. The topological polar surface area (TPSA) is 64.5 Å². The van der Waals surface area contributed by atoms with Crippen molar-refractivity contribution >= 4 is 5.91 Å². The number of halogens is 1. The van der Waals surface area contributed by atoms with E-state index >= 15 is 0 Å². The van der Waals surface area contributed by atoms with Gasteiger partial charge in [-0.25, -0.2) is 9.37 Å². The summed E-state index contributed by atoms with van der Waals surface area (Å²) in [5, 5.41) is 0. The van der Waals surface area contributed by atoms with Gasteiger partial charge >= 0.3 is 0 Å². The van der Waals surface area contributed by atoms with Crippen molar-refractivity contribution < 1.29 is 18.7 Å². The van der Waals surface area contributed by atoms with E-state index in [4.69, 9.17) is 9.47 Å². The predicted molar refractivity (Wildman–Crippen MR) is 105 cm³/mol. The summed E-state index contributed by atoms with van der Waals surface area (Å²) >= 11 is 0. The number of para-hydroxylation sites is 1. The summed E-state index contributed by atoms with van der Waals surface area (Å²) < 4.78 is 25.1. The van der Waals surface area contributed by atoms with Crippen LogP contribution in [0.15, 0.2) is 30.3 Å². The first-order valence-corrected chi connectivity index (χ1v) is 10.3. The number of rotatable bonds is 4. The highest BCUT2D eigenvalue weighted by molar-refractivity contribution is 5.79. The number of benzene rings is 1. The van der Waals surface area contributed by atoms with Gasteiger partial charge in [-0.1, -0.05) is 12.1 Å². The Bertz CT molecular complexity index is 870. The Morgan fingerprint density at radius 1 is 1.17 bits per heavy atom. The van der Waals surface area contributed by atoms with E-state index in [1.54, 1.807) is 24.3 Å². The molecule has 2 fully saturated rings. The molecule has 2 aliphatic rings. The van der Waals surface area contributed by atoms with Crippen LogP contribution in [0.25, 0.3) is 0 Å². The zero-order chi connectivity index (χ0) is 20.2. The third-order valence-electron chi connectivity index (χ3n) is 5.55. The summed E-state index contributed by atoms with van der Waals surface area (Å²) in [6, 6.07) is 7.74. The van der Waals surface area contributed by atoms with Crippen molar-refractivity contribution in [3.05, 3.63) is 47.7 Å². The van der Waals surface area contributed by atoms with Crippen LogP contribution in [0.3, 0.4) is 0 Å². The van der Waals surface area contributed by atoms with Gasteiger partial charge in [0.25, 0.3) is 0 Å². The maximum atomic E-state index is 14.0. The van der Waals surface area contributed by atoms with E-state index in [-0.39, 0.29) is 23.6 Å². The second-order valence-corrected chi connectivity index (χ2v) is 7.67. The third-order valence-corrected chi connectivity index (χ3v) is 5.55. The van der Waals surface area contributed by atoms with Gasteiger partial charge in [0.2, 0.25) is 11.8 Å². The molecular weight excluding hydrogens is 373 g/mol. The van der Waals surface area contributed by atoms with Crippen LogP contribution in [-0.4, -0.2) is 40.5 Å². The first-order valence-electron chi connectivity index (χ1n) is 10.3. The lowest BCUT2D eigenvalue weighted by Gasteiger charge is -2.37. The summed E-state index contributed by atoms with van der Waals surface area (Å²) in [7, 11) is 0. The van der Waals surface area contributed by atoms with Gasteiger partial charge in [-0.05, 0) is 51.2 Å². The lowest BCUT2D eigenvalue weighted by Crippen LogP contribution is -2.43. The molecule has 0 bridgehead atoms. The third kappa shape index (κ3) is 4.56. The van der Waals surface area contributed by atoms with Gasteiger partial charge in [0.05, 0.1) is 6.04 Å². The average molecular weight is 399 g/mol. The van der Waals surface area contributed by atoms with Crippen LogP contribution in [0.1, 0.15) is 49.7 Å². The zero-order valence-corrected chi connectivity index (χ0v) is 16.6. The van der Waals surface area contributed by atoms with Gasteiger partial charge in [-0.2, -0.15) is 4.98 Å². The predicted octanol–water partition coefficient (Wildman–Crippen LogP) is 4.20. The molecule has 0 aliphatic carbocycles. The summed E-state index contributed by atoms with van der Waals surface area (Å²) in [6.45, 7) is 3.83. The Hall–Kier alpha value is -2.54. The number of aryl methyl sites for hydroxylation is 1. The molecule has 0 saturated carbocycles. The van der Waals surface area contributed by atoms with Crippen LogP contribution >= 0.6 is 0 Å². The van der Waals surface area contributed by atoms with Crippen molar-refractivity contribution in [1.82, 2.24) is 14.9 Å². The number of hydrogen-bond donors (Lipinski definition) is 0. The maximum Gasteiger partial charge on any atom is 0.226 e. The zero-order valence-electron chi connectivity index (χ0n) is 16.6. The Labute approximate surface area is 170 Å². The quantitative estimate of drug-likeness (QED) is 0.771. The number of carbonyl (C=O) groups is 1. The molecule has 0 radical (unpaired) electrons. The van der Waals surface area contributed by atoms with Gasteiger partial charge < -0.3 is 14.4 Å². The number of ether oxygens (including phenoxy) is 2. The fourth-order valence-electron chi connectivity index (χ4n) is 4.05. The van der Waals surface area contributed by atoms with Gasteiger partial charge in [0.1, 0.15) is 0 Å². The number of hydrogen-bond acceptors (Lipinski definition) is 5. The first-order chi connectivity index (χ1) is 14.1. The van der Waals surface area contributed by atoms with E-state index in [9.17, 15) is 9.18 Å². The minimum Gasteiger partial charge on any atom is -0.436 e. The Kier molecular flexibility index (Phi) is 6.04. The van der Waals surface area contributed by atoms with E-state index in [0.717, 1.165) is 37.8 Å². The van der Waals surface area contributed by atoms with Crippen LogP contribution in [0, 0.1) is 18.7 Å². The number of carbonyl (C=O) groups excluding carboxylic acids is 1. The molecule has 0 N–H and O–H groups in total. The molecule has 0 unspecified atom stereocenters. The van der Waals surface area contributed by atoms with Gasteiger partial charge in [0.15, 0.2) is 17.4 Å². The van der Waals surface area contributed by atoms with E-state index in [1.165, 1.54) is 6.07 Å². The molecule has 1 aromatic carbocycles. The fraction of sp³-hybridized carbons (Fsp3) is 0.500. The number of piperidine rings is 1. The summed E-state index contributed by atoms with van der Waals surface area (Å²) in [4.78, 5) is 24.3. The normalized spacial score (nSPS) is 20.5. The van der Waals surface area contributed by atoms with Gasteiger partial charge in [-0.3, -0.25) is 4.79 Å². The molecule has 3 heterocycles. The Morgan fingerprint density at radius 3 is 2.76 bits per heavy atom. The van der Waals surface area contributed by atoms with Crippen molar-refractivity contribution in [1.29, 1.82) is 0 Å². The monoisotopic (exact) mass is 399 g/mol. The molecule has 154 valence electrons. The molecule has 4 rings (SSSR count). The molecule has 1 aromatic heterocycles. The lowest BCUT2D eigenvalue weighted by molar-refractivity contribution is -0.142. The molecule has 29 heavy (non-hydrogen) atoms. The molecule has 2 aromatic rings. The standard InChI is InChI=1S/C22H26FN3O3/c1-15-14-20(29-19-8-3-2-6-17(19)23)25-21(24-15)18-7-4-5-11-26(18)22(27)16-9-12-28-13-10-16/h2-3,6,8,14,16,18H,4-5,7,9-13H2,1H3/t18-/m1/s1. The van der Waals surface area contributed by atoms with Crippen LogP contribution < -0.4 is 4.74 Å². The number of nitrogens with zero attached hydrogens (tertiary/aromatic N) is 3. The van der Waals surface area contributed by atoms with Crippen molar-refractivity contribution in [3.8, 4) is 11.6 Å². The lowest BCUT2D eigenvalue weighted by atomic mass is 9.94. The first kappa shape index (κ1) is 19.8. The summed E-state index contributed by atoms with van der Waals surface area (Å²) in [5.41, 5.74) is 0.727. The van der Waals surface area contributed by atoms with Crippen LogP contribution in [0.4, 0.5) is 4.39 Å². The number of amides is 1. The molecule has 6 nitrogen and oxygen atoms in total. The highest BCUT2D eigenvalue weighted by Crippen LogP contribution is 2.33. The smallest absolute Gasteiger partial charge is 0.226 e. The average Bonchev–Trinajstić information content (AvgIpc) is 2.75. The minimum atomic E-state index is -0.445. The Balaban J connectivity index is 1.59. The van der Waals surface area contributed by atoms with Crippen molar-refractivity contribution in [3.63, 3.8) is 0 Å². The van der Waals surface area contributed by atoms with E-state index < -0.39 is 5.82 Å². The van der Waals surface area contributed by atoms with E-state index in [0.29, 0.717) is 31.5 Å². The summed E-state index contributed by atoms with van der Waals surface area (Å²) in [6.07, 6.45) is 4.34.